The monoisotopic (exact) mass is 449 g/mol. The van der Waals surface area contributed by atoms with E-state index in [2.05, 4.69) is 37.7 Å². The van der Waals surface area contributed by atoms with Crippen molar-refractivity contribution in [1.82, 2.24) is 30.2 Å². The molecule has 0 aliphatic heterocycles. The first-order valence-electron chi connectivity index (χ1n) is 10.6. The maximum absolute atomic E-state index is 12.7. The molecule has 0 spiro atoms. The molecular formula is C22H23N7O2S. The highest BCUT2D eigenvalue weighted by Gasteiger charge is 2.23. The van der Waals surface area contributed by atoms with E-state index in [1.165, 1.54) is 10.4 Å². The number of anilines is 1. The number of tetrazole rings is 1. The first-order chi connectivity index (χ1) is 15.5. The lowest BCUT2D eigenvalue weighted by Crippen LogP contribution is -2.17. The molecule has 0 bridgehead atoms. The van der Waals surface area contributed by atoms with Gasteiger partial charge in [-0.05, 0) is 53.3 Å². The Labute approximate surface area is 187 Å². The molecule has 10 heteroatoms. The van der Waals surface area contributed by atoms with Gasteiger partial charge in [0, 0.05) is 36.0 Å². The number of amides is 1. The van der Waals surface area contributed by atoms with E-state index >= 15 is 0 Å². The van der Waals surface area contributed by atoms with Crippen molar-refractivity contribution in [1.29, 1.82) is 0 Å². The minimum Gasteiger partial charge on any atom is -0.326 e. The first-order valence-corrected chi connectivity index (χ1v) is 11.5. The Morgan fingerprint density at radius 1 is 1.38 bits per heavy atom. The normalized spacial score (nSPS) is 15.6. The molecule has 1 aromatic carbocycles. The van der Waals surface area contributed by atoms with Gasteiger partial charge in [-0.1, -0.05) is 19.1 Å². The second-order valence-corrected chi connectivity index (χ2v) is 9.38. The summed E-state index contributed by atoms with van der Waals surface area (Å²) < 4.78 is 1.57. The van der Waals surface area contributed by atoms with Gasteiger partial charge in [-0.2, -0.15) is 0 Å². The number of aromatic nitrogens is 6. The third-order valence-electron chi connectivity index (χ3n) is 5.83. The number of hydrogen-bond acceptors (Lipinski definition) is 7. The summed E-state index contributed by atoms with van der Waals surface area (Å²) in [5, 5.41) is 15.1. The Kier molecular flexibility index (Phi) is 5.30. The summed E-state index contributed by atoms with van der Waals surface area (Å²) in [4.78, 5) is 34.9. The summed E-state index contributed by atoms with van der Waals surface area (Å²) in [6.45, 7) is 2.24. The predicted molar refractivity (Wildman–Crippen MR) is 123 cm³/mol. The molecule has 5 rings (SSSR count). The smallest absolute Gasteiger partial charge is 0.259 e. The molecule has 1 atom stereocenters. The third kappa shape index (κ3) is 3.93. The SMILES string of the molecule is CC1CCc2c(sc3nc(CCC(=O)Nc4cccc(-c5nnnn5C)c4)[nH]c(=O)c23)C1. The lowest BCUT2D eigenvalue weighted by atomic mass is 9.89. The number of carbonyl (C=O) groups excluding carboxylic acids is 1. The number of fused-ring (bicyclic) bond motifs is 3. The van der Waals surface area contributed by atoms with E-state index in [1.54, 1.807) is 23.1 Å². The summed E-state index contributed by atoms with van der Waals surface area (Å²) >= 11 is 1.62. The van der Waals surface area contributed by atoms with E-state index in [9.17, 15) is 9.59 Å². The molecule has 164 valence electrons. The fraction of sp³-hybridized carbons (Fsp3) is 0.364. The van der Waals surface area contributed by atoms with E-state index in [-0.39, 0.29) is 17.9 Å². The van der Waals surface area contributed by atoms with Gasteiger partial charge in [-0.3, -0.25) is 9.59 Å². The molecule has 3 heterocycles. The van der Waals surface area contributed by atoms with Gasteiger partial charge < -0.3 is 10.3 Å². The topological polar surface area (TPSA) is 118 Å². The van der Waals surface area contributed by atoms with Gasteiger partial charge in [-0.25, -0.2) is 9.67 Å². The van der Waals surface area contributed by atoms with Gasteiger partial charge in [-0.15, -0.1) is 16.4 Å². The number of benzene rings is 1. The minimum absolute atomic E-state index is 0.0950. The van der Waals surface area contributed by atoms with Crippen molar-refractivity contribution in [2.24, 2.45) is 13.0 Å². The summed E-state index contributed by atoms with van der Waals surface area (Å²) in [5.41, 5.74) is 2.54. The average Bonchev–Trinajstić information content (AvgIpc) is 3.35. The number of hydrogen-bond donors (Lipinski definition) is 2. The molecule has 1 amide bonds. The molecule has 1 aliphatic carbocycles. The Balaban J connectivity index is 1.28. The molecule has 0 radical (unpaired) electrons. The van der Waals surface area contributed by atoms with Crippen LogP contribution in [0.4, 0.5) is 5.69 Å². The van der Waals surface area contributed by atoms with E-state index < -0.39 is 0 Å². The number of rotatable bonds is 5. The van der Waals surface area contributed by atoms with Crippen LogP contribution in [0.2, 0.25) is 0 Å². The number of aromatic amines is 1. The zero-order valence-corrected chi connectivity index (χ0v) is 18.7. The van der Waals surface area contributed by atoms with Crippen LogP contribution in [-0.2, 0) is 31.1 Å². The van der Waals surface area contributed by atoms with Crippen LogP contribution in [-0.4, -0.2) is 36.1 Å². The molecule has 1 unspecified atom stereocenters. The van der Waals surface area contributed by atoms with Crippen LogP contribution in [0, 0.1) is 5.92 Å². The fourth-order valence-corrected chi connectivity index (χ4v) is 5.58. The molecular weight excluding hydrogens is 426 g/mol. The summed E-state index contributed by atoms with van der Waals surface area (Å²) in [6.07, 6.45) is 3.63. The Bertz CT molecular complexity index is 1370. The lowest BCUT2D eigenvalue weighted by molar-refractivity contribution is -0.116. The van der Waals surface area contributed by atoms with Gasteiger partial charge in [0.2, 0.25) is 5.91 Å². The maximum Gasteiger partial charge on any atom is 0.259 e. The molecule has 2 N–H and O–H groups in total. The summed E-state index contributed by atoms with van der Waals surface area (Å²) in [5.74, 6) is 1.65. The van der Waals surface area contributed by atoms with Crippen LogP contribution < -0.4 is 10.9 Å². The molecule has 9 nitrogen and oxygen atoms in total. The Morgan fingerprint density at radius 3 is 3.06 bits per heavy atom. The van der Waals surface area contributed by atoms with Crippen molar-refractivity contribution in [3.8, 4) is 11.4 Å². The van der Waals surface area contributed by atoms with Crippen molar-refractivity contribution < 1.29 is 4.79 Å². The van der Waals surface area contributed by atoms with Crippen LogP contribution in [0.1, 0.15) is 36.0 Å². The van der Waals surface area contributed by atoms with Gasteiger partial charge in [0.25, 0.3) is 5.56 Å². The van der Waals surface area contributed by atoms with Crippen LogP contribution in [0.3, 0.4) is 0 Å². The van der Waals surface area contributed by atoms with Gasteiger partial charge in [0.05, 0.1) is 5.39 Å². The second kappa shape index (κ2) is 8.27. The number of nitrogens with zero attached hydrogens (tertiary/aromatic N) is 5. The highest BCUT2D eigenvalue weighted by molar-refractivity contribution is 7.18. The summed E-state index contributed by atoms with van der Waals surface area (Å²) in [7, 11) is 1.76. The van der Waals surface area contributed by atoms with Crippen LogP contribution in [0.5, 0.6) is 0 Å². The second-order valence-electron chi connectivity index (χ2n) is 8.30. The van der Waals surface area contributed by atoms with Crippen molar-refractivity contribution in [3.63, 3.8) is 0 Å². The minimum atomic E-state index is -0.153. The van der Waals surface area contributed by atoms with E-state index in [0.29, 0.717) is 29.7 Å². The molecule has 0 saturated heterocycles. The first kappa shape index (κ1) is 20.5. The number of carbonyl (C=O) groups is 1. The number of aryl methyl sites for hydroxylation is 3. The molecule has 0 fully saturated rings. The van der Waals surface area contributed by atoms with Crippen molar-refractivity contribution in [2.75, 3.05) is 5.32 Å². The number of nitrogens with one attached hydrogen (secondary N) is 2. The molecule has 3 aromatic heterocycles. The summed E-state index contributed by atoms with van der Waals surface area (Å²) in [6, 6.07) is 7.36. The molecule has 1 aliphatic rings. The molecule has 4 aromatic rings. The van der Waals surface area contributed by atoms with Crippen LogP contribution in [0.15, 0.2) is 29.1 Å². The number of H-pyrrole nitrogens is 1. The zero-order chi connectivity index (χ0) is 22.2. The van der Waals surface area contributed by atoms with Crippen molar-refractivity contribution >= 4 is 33.1 Å². The van der Waals surface area contributed by atoms with E-state index in [0.717, 1.165) is 35.0 Å². The van der Waals surface area contributed by atoms with E-state index in [1.807, 2.05) is 24.3 Å². The Hall–Kier alpha value is -3.40. The predicted octanol–water partition coefficient (Wildman–Crippen LogP) is 2.87. The highest BCUT2D eigenvalue weighted by atomic mass is 32.1. The fourth-order valence-electron chi connectivity index (χ4n) is 4.18. The Morgan fingerprint density at radius 2 is 2.25 bits per heavy atom. The standard InChI is InChI=1S/C22H23N7O2S/c1-12-6-7-15-16(10-12)32-22-19(15)21(31)24-17(25-22)8-9-18(30)23-14-5-3-4-13(11-14)20-26-27-28-29(20)2/h3-5,11-12H,6-10H2,1-2H3,(H,23,30)(H,24,25,31). The average molecular weight is 450 g/mol. The third-order valence-corrected chi connectivity index (χ3v) is 6.98. The van der Waals surface area contributed by atoms with E-state index in [4.69, 9.17) is 0 Å². The van der Waals surface area contributed by atoms with Crippen molar-refractivity contribution in [2.45, 2.75) is 39.0 Å². The van der Waals surface area contributed by atoms with Gasteiger partial charge >= 0.3 is 0 Å². The quantitative estimate of drug-likeness (QED) is 0.484. The van der Waals surface area contributed by atoms with Gasteiger partial charge in [0.1, 0.15) is 10.7 Å². The molecule has 32 heavy (non-hydrogen) atoms. The maximum atomic E-state index is 12.7. The lowest BCUT2D eigenvalue weighted by Gasteiger charge is -2.17. The highest BCUT2D eigenvalue weighted by Crippen LogP contribution is 2.35. The zero-order valence-electron chi connectivity index (χ0n) is 17.9. The van der Waals surface area contributed by atoms with Crippen LogP contribution in [0.25, 0.3) is 21.6 Å². The van der Waals surface area contributed by atoms with Crippen molar-refractivity contribution in [3.05, 3.63) is 50.9 Å². The largest absolute Gasteiger partial charge is 0.326 e. The number of thiophene rings is 1. The van der Waals surface area contributed by atoms with Crippen LogP contribution >= 0.6 is 11.3 Å². The molecule has 0 saturated carbocycles. The van der Waals surface area contributed by atoms with Gasteiger partial charge in [0.15, 0.2) is 5.82 Å².